The summed E-state index contributed by atoms with van der Waals surface area (Å²) in [4.78, 5) is 25.7. The highest BCUT2D eigenvalue weighted by Crippen LogP contribution is 2.26. The van der Waals surface area contributed by atoms with Crippen LogP contribution in [0.4, 0.5) is 17.1 Å². The molecule has 1 aliphatic heterocycles. The molecule has 0 saturated carbocycles. The van der Waals surface area contributed by atoms with Crippen LogP contribution in [0.1, 0.15) is 5.56 Å². The molecule has 0 atom stereocenters. The van der Waals surface area contributed by atoms with Gasteiger partial charge in [0, 0.05) is 40.9 Å². The van der Waals surface area contributed by atoms with Gasteiger partial charge in [-0.25, -0.2) is 13.8 Å². The summed E-state index contributed by atoms with van der Waals surface area (Å²) in [7, 11) is -4.06. The summed E-state index contributed by atoms with van der Waals surface area (Å²) < 4.78 is 33.9. The van der Waals surface area contributed by atoms with Crippen LogP contribution in [0.5, 0.6) is 0 Å². The van der Waals surface area contributed by atoms with Crippen LogP contribution in [0, 0.1) is 10.1 Å². The minimum atomic E-state index is -4.06. The zero-order valence-corrected chi connectivity index (χ0v) is 22.5. The Labute approximate surface area is 228 Å². The molecule has 11 nitrogen and oxygen atoms in total. The summed E-state index contributed by atoms with van der Waals surface area (Å²) >= 11 is 3.33. The monoisotopic (exact) mass is 601 g/mol. The van der Waals surface area contributed by atoms with Gasteiger partial charge in [0.1, 0.15) is 6.54 Å². The highest BCUT2D eigenvalue weighted by Gasteiger charge is 2.27. The maximum Gasteiger partial charge on any atom is 0.270 e. The molecule has 3 aromatic rings. The smallest absolute Gasteiger partial charge is 0.270 e. The molecular weight excluding hydrogens is 578 g/mol. The van der Waals surface area contributed by atoms with Crippen molar-refractivity contribution in [1.29, 1.82) is 0 Å². The fourth-order valence-electron chi connectivity index (χ4n) is 3.83. The molecule has 1 amide bonds. The Hall–Kier alpha value is -3.81. The second-order valence-corrected chi connectivity index (χ2v) is 11.0. The average Bonchev–Trinajstić information content (AvgIpc) is 2.93. The van der Waals surface area contributed by atoms with Crippen molar-refractivity contribution in [3.63, 3.8) is 0 Å². The number of carbonyl (C=O) groups is 1. The number of benzene rings is 3. The van der Waals surface area contributed by atoms with Crippen molar-refractivity contribution in [2.45, 2.75) is 4.90 Å². The summed E-state index contributed by atoms with van der Waals surface area (Å²) in [5, 5.41) is 15.3. The second kappa shape index (κ2) is 12.2. The molecule has 0 bridgehead atoms. The minimum absolute atomic E-state index is 0.0333. The first-order valence-corrected chi connectivity index (χ1v) is 13.8. The van der Waals surface area contributed by atoms with Gasteiger partial charge in [-0.05, 0) is 42.5 Å². The molecule has 1 aliphatic rings. The predicted octanol–water partition coefficient (Wildman–Crippen LogP) is 3.54. The third-order valence-electron chi connectivity index (χ3n) is 5.70. The summed E-state index contributed by atoms with van der Waals surface area (Å²) in [6, 6.07) is 18.7. The van der Waals surface area contributed by atoms with E-state index < -0.39 is 27.4 Å². The van der Waals surface area contributed by atoms with Crippen LogP contribution in [-0.2, 0) is 19.6 Å². The van der Waals surface area contributed by atoms with Gasteiger partial charge in [0.15, 0.2) is 0 Å². The topological polar surface area (TPSA) is 134 Å². The first kappa shape index (κ1) is 27.2. The average molecular weight is 602 g/mol. The number of rotatable bonds is 9. The number of non-ortho nitro benzene ring substituents is 1. The van der Waals surface area contributed by atoms with Crippen LogP contribution in [0.3, 0.4) is 0 Å². The standard InChI is InChI=1S/C25H24BrN5O6S/c26-20-6-8-21(9-7-20)30(38(35,36)23-4-2-1-3-5-23)18-25(32)28-27-17-19-16-22(31(33)34)10-11-24(19)29-12-14-37-15-13-29/h1-11,16-17H,12-15,18H2,(H,28,32)/b27-17+. The molecule has 0 aromatic heterocycles. The quantitative estimate of drug-likeness (QED) is 0.225. The zero-order valence-electron chi connectivity index (χ0n) is 20.1. The van der Waals surface area contributed by atoms with E-state index in [1.807, 2.05) is 4.90 Å². The Morgan fingerprint density at radius 2 is 1.79 bits per heavy atom. The number of anilines is 2. The lowest BCUT2D eigenvalue weighted by Gasteiger charge is -2.29. The molecule has 38 heavy (non-hydrogen) atoms. The Bertz CT molecular complexity index is 1430. The van der Waals surface area contributed by atoms with Crippen LogP contribution < -0.4 is 14.6 Å². The SMILES string of the molecule is O=C(CN(c1ccc(Br)cc1)S(=O)(=O)c1ccccc1)N/N=C/c1cc([N+](=O)[O-])ccc1N1CCOCC1. The van der Waals surface area contributed by atoms with Crippen molar-refractivity contribution in [1.82, 2.24) is 5.43 Å². The summed E-state index contributed by atoms with van der Waals surface area (Å²) in [6.07, 6.45) is 1.31. The molecule has 4 rings (SSSR count). The van der Waals surface area contributed by atoms with Crippen LogP contribution in [0.15, 0.2) is 87.3 Å². The van der Waals surface area contributed by atoms with Gasteiger partial charge < -0.3 is 9.64 Å². The van der Waals surface area contributed by atoms with Crippen molar-refractivity contribution in [2.24, 2.45) is 5.10 Å². The Morgan fingerprint density at radius 1 is 1.11 bits per heavy atom. The van der Waals surface area contributed by atoms with Crippen LogP contribution >= 0.6 is 15.9 Å². The van der Waals surface area contributed by atoms with Gasteiger partial charge in [-0.3, -0.25) is 19.2 Å². The number of nitrogens with one attached hydrogen (secondary N) is 1. The van der Waals surface area contributed by atoms with Gasteiger partial charge in [-0.1, -0.05) is 34.1 Å². The first-order valence-electron chi connectivity index (χ1n) is 11.5. The second-order valence-electron chi connectivity index (χ2n) is 8.19. The number of nitro groups is 1. The number of nitro benzene ring substituents is 1. The van der Waals surface area contributed by atoms with Crippen LogP contribution in [0.25, 0.3) is 0 Å². The van der Waals surface area contributed by atoms with Gasteiger partial charge >= 0.3 is 0 Å². The van der Waals surface area contributed by atoms with Crippen LogP contribution in [0.2, 0.25) is 0 Å². The molecule has 1 fully saturated rings. The largest absolute Gasteiger partial charge is 0.378 e. The van der Waals surface area contributed by atoms with Crippen molar-refractivity contribution in [3.05, 3.63) is 92.9 Å². The Balaban J connectivity index is 1.56. The summed E-state index contributed by atoms with van der Waals surface area (Å²) in [6.45, 7) is 1.70. The highest BCUT2D eigenvalue weighted by molar-refractivity contribution is 9.10. The summed E-state index contributed by atoms with van der Waals surface area (Å²) in [5.41, 5.74) is 3.66. The molecule has 198 valence electrons. The van der Waals surface area contributed by atoms with Gasteiger partial charge in [0.25, 0.3) is 21.6 Å². The fraction of sp³-hybridized carbons (Fsp3) is 0.200. The number of hydrogen-bond donors (Lipinski definition) is 1. The molecule has 1 N–H and O–H groups in total. The molecule has 1 heterocycles. The van der Waals surface area contributed by atoms with Gasteiger partial charge in [0.05, 0.1) is 34.9 Å². The van der Waals surface area contributed by atoms with Crippen molar-refractivity contribution in [2.75, 3.05) is 42.1 Å². The van der Waals surface area contributed by atoms with E-state index in [9.17, 15) is 23.3 Å². The molecule has 3 aromatic carbocycles. The van der Waals surface area contributed by atoms with E-state index in [0.717, 1.165) is 8.78 Å². The van der Waals surface area contributed by atoms with E-state index in [4.69, 9.17) is 4.74 Å². The zero-order chi connectivity index (χ0) is 27.1. The van der Waals surface area contributed by atoms with Crippen molar-refractivity contribution < 1.29 is 22.9 Å². The molecule has 0 spiro atoms. The third kappa shape index (κ3) is 6.54. The molecule has 1 saturated heterocycles. The Kier molecular flexibility index (Phi) is 8.71. The number of nitrogens with zero attached hydrogens (tertiary/aromatic N) is 4. The number of ether oxygens (including phenoxy) is 1. The lowest BCUT2D eigenvalue weighted by Crippen LogP contribution is -2.39. The van der Waals surface area contributed by atoms with Gasteiger partial charge in [-0.2, -0.15) is 5.10 Å². The maximum atomic E-state index is 13.4. The molecule has 0 unspecified atom stereocenters. The third-order valence-corrected chi connectivity index (χ3v) is 8.02. The van der Waals surface area contributed by atoms with E-state index in [0.29, 0.717) is 43.2 Å². The maximum absolute atomic E-state index is 13.4. The minimum Gasteiger partial charge on any atom is -0.378 e. The van der Waals surface area contributed by atoms with Gasteiger partial charge in [0.2, 0.25) is 0 Å². The van der Waals surface area contributed by atoms with E-state index in [1.165, 1.54) is 30.5 Å². The van der Waals surface area contributed by atoms with Crippen molar-refractivity contribution >= 4 is 55.1 Å². The number of hydrogen-bond acceptors (Lipinski definition) is 8. The van der Waals surface area contributed by atoms with E-state index in [-0.39, 0.29) is 10.6 Å². The molecular formula is C25H24BrN5O6S. The lowest BCUT2D eigenvalue weighted by atomic mass is 10.1. The first-order chi connectivity index (χ1) is 18.3. The number of morpholine rings is 1. The number of hydrazone groups is 1. The molecule has 0 radical (unpaired) electrons. The predicted molar refractivity (Wildman–Crippen MR) is 147 cm³/mol. The van der Waals surface area contributed by atoms with Crippen LogP contribution in [-0.4, -0.2) is 58.3 Å². The summed E-state index contributed by atoms with van der Waals surface area (Å²) in [5.74, 6) is -0.693. The number of amides is 1. The molecule has 0 aliphatic carbocycles. The van der Waals surface area contributed by atoms with Gasteiger partial charge in [-0.15, -0.1) is 0 Å². The number of carbonyl (C=O) groups excluding carboxylic acids is 1. The number of halogens is 1. The van der Waals surface area contributed by atoms with Crippen molar-refractivity contribution in [3.8, 4) is 0 Å². The fourth-order valence-corrected chi connectivity index (χ4v) is 5.54. The van der Waals surface area contributed by atoms with E-state index in [2.05, 4.69) is 26.5 Å². The van der Waals surface area contributed by atoms with E-state index >= 15 is 0 Å². The number of sulfonamides is 1. The normalized spacial score (nSPS) is 13.9. The van der Waals surface area contributed by atoms with E-state index in [1.54, 1.807) is 48.5 Å². The lowest BCUT2D eigenvalue weighted by molar-refractivity contribution is -0.384. The molecule has 13 heteroatoms. The Morgan fingerprint density at radius 3 is 2.45 bits per heavy atom. The highest BCUT2D eigenvalue weighted by atomic mass is 79.9.